The Morgan fingerprint density at radius 2 is 0.821 bits per heavy atom. The molecule has 0 atom stereocenters. The number of carbonyl (C=O) groups is 5. The first-order valence-electron chi connectivity index (χ1n) is 39.6. The number of unbranched alkanes of at least 4 members (excludes halogenated alkanes) is 5. The van der Waals surface area contributed by atoms with E-state index in [2.05, 4.69) is 184 Å². The number of phenolic OH excluding ortho intramolecular Hbond substituents is 1. The molecule has 13 rings (SSSR count). The fourth-order valence-corrected chi connectivity index (χ4v) is 19.7. The summed E-state index contributed by atoms with van der Waals surface area (Å²) in [6.07, 6.45) is 5.89. The summed E-state index contributed by atoms with van der Waals surface area (Å²) in [6.45, 7) is 25.2. The number of phenols is 1. The van der Waals surface area contributed by atoms with Crippen LogP contribution in [0.25, 0.3) is 10.8 Å². The molecule has 0 bridgehead atoms. The summed E-state index contributed by atoms with van der Waals surface area (Å²) in [6, 6.07) is 82.6. The topological polar surface area (TPSA) is 161 Å². The molecule has 0 aromatic heterocycles. The van der Waals surface area contributed by atoms with Crippen molar-refractivity contribution in [2.45, 2.75) is 155 Å². The maximum absolute atomic E-state index is 14.6. The highest BCUT2D eigenvalue weighted by atomic mass is 28.4. The van der Waals surface area contributed by atoms with Crippen molar-refractivity contribution in [2.75, 3.05) is 32.8 Å². The smallest absolute Gasteiger partial charge is 0.351 e. The van der Waals surface area contributed by atoms with Crippen molar-refractivity contribution in [1.29, 1.82) is 0 Å². The Morgan fingerprint density at radius 3 is 1.26 bits per heavy atom. The number of ether oxygens (including phenoxy) is 3. The quantitative estimate of drug-likeness (QED) is 0.0184. The summed E-state index contributed by atoms with van der Waals surface area (Å²) < 4.78 is 25.7. The van der Waals surface area contributed by atoms with Gasteiger partial charge in [-0.1, -0.05) is 258 Å². The maximum atomic E-state index is 14.6. The van der Waals surface area contributed by atoms with Gasteiger partial charge in [-0.05, 0) is 194 Å². The number of rotatable bonds is 31. The highest BCUT2D eigenvalue weighted by Gasteiger charge is 2.48. The summed E-state index contributed by atoms with van der Waals surface area (Å²) in [5.41, 5.74) is 10.6. The predicted molar refractivity (Wildman–Crippen MR) is 449 cm³/mol. The molecule has 14 heteroatoms. The Labute approximate surface area is 661 Å². The van der Waals surface area contributed by atoms with Crippen molar-refractivity contribution in [3.63, 3.8) is 0 Å². The van der Waals surface area contributed by atoms with Crippen LogP contribution in [0.3, 0.4) is 0 Å². The molecule has 2 aliphatic heterocycles. The van der Waals surface area contributed by atoms with E-state index in [1.807, 2.05) is 91.0 Å². The number of hydrogen-bond acceptors (Lipinski definition) is 11. The van der Waals surface area contributed by atoms with Gasteiger partial charge in [-0.25, -0.2) is 4.79 Å². The van der Waals surface area contributed by atoms with Crippen molar-refractivity contribution in [3.8, 4) is 23.0 Å². The van der Waals surface area contributed by atoms with Gasteiger partial charge in [0.15, 0.2) is 0 Å². The molecule has 0 spiro atoms. The Balaban J connectivity index is 0.588. The Hall–Kier alpha value is -11.2. The molecule has 0 aliphatic carbocycles. The minimum Gasteiger partial charge on any atom is -0.507 e. The van der Waals surface area contributed by atoms with Crippen LogP contribution in [0.15, 0.2) is 249 Å². The van der Waals surface area contributed by atoms with Gasteiger partial charge in [0.2, 0.25) is 0 Å². The van der Waals surface area contributed by atoms with Gasteiger partial charge in [0.1, 0.15) is 35.2 Å². The molecule has 0 saturated heterocycles. The first-order valence-corrected chi connectivity index (χ1v) is 41.5. The van der Waals surface area contributed by atoms with Crippen LogP contribution < -0.4 is 35.1 Å². The molecule has 574 valence electrons. The molecule has 0 fully saturated rings. The summed E-state index contributed by atoms with van der Waals surface area (Å²) in [5.74, 6) is -0.792. The normalized spacial score (nSPS) is 13.2. The minimum atomic E-state index is -3.55. The number of benzene rings is 11. The standard InChI is InChI=1S/C98H103N3O10Si/c1-11-12-58-99-65-68-28-21-22-35-87(68)112(79-31-17-13-18-32-79,80-33-19-14-20-34-80)111-94(107)81-53-36-67(63-86(81)102)66-110-78-30-27-29-77(64-78)109-62-26-16-24-60-101-92(105)84-56-54-82-88-83(55-57-85(89(84)88)93(101)106)91(104)100(90(82)103)59-23-15-25-61-108-76-51-49-75(50-52-76)98(72-43-37-69(38-44-72)95(2,3)4,73-45-39-70(40-46-73)96(5,6)7)74-47-41-71(42-48-74)97(8,9)10/h13-14,17-22,27-57,63-64,99,102H,11-12,15-16,23-26,58-62,65-66H2,1-10H3. The van der Waals surface area contributed by atoms with E-state index in [9.17, 15) is 29.1 Å². The van der Waals surface area contributed by atoms with Gasteiger partial charge in [-0.2, -0.15) is 0 Å². The first-order chi connectivity index (χ1) is 53.9. The molecular formula is C98H103N3O10Si. The molecule has 112 heavy (non-hydrogen) atoms. The zero-order valence-corrected chi connectivity index (χ0v) is 67.3. The van der Waals surface area contributed by atoms with Gasteiger partial charge in [0.05, 0.1) is 18.6 Å². The minimum absolute atomic E-state index is 0.0149. The largest absolute Gasteiger partial charge is 0.507 e. The van der Waals surface area contributed by atoms with Crippen LogP contribution in [-0.4, -0.2) is 85.7 Å². The average molecular weight is 1510 g/mol. The van der Waals surface area contributed by atoms with E-state index < -0.39 is 43.3 Å². The van der Waals surface area contributed by atoms with E-state index in [0.717, 1.165) is 51.8 Å². The van der Waals surface area contributed by atoms with Crippen LogP contribution in [-0.2, 0) is 39.2 Å². The van der Waals surface area contributed by atoms with Gasteiger partial charge >= 0.3 is 14.3 Å². The molecule has 2 aliphatic rings. The van der Waals surface area contributed by atoms with Crippen molar-refractivity contribution >= 4 is 64.2 Å². The van der Waals surface area contributed by atoms with E-state index >= 15 is 0 Å². The third-order valence-electron chi connectivity index (χ3n) is 22.0. The van der Waals surface area contributed by atoms with Crippen molar-refractivity contribution in [1.82, 2.24) is 15.1 Å². The lowest BCUT2D eigenvalue weighted by molar-refractivity contribution is 0.0585. The van der Waals surface area contributed by atoms with Crippen molar-refractivity contribution < 1.29 is 47.7 Å². The maximum Gasteiger partial charge on any atom is 0.351 e. The molecule has 11 aromatic rings. The Kier molecular flexibility index (Phi) is 23.8. The molecular weight excluding hydrogens is 1410 g/mol. The van der Waals surface area contributed by atoms with Gasteiger partial charge in [0, 0.05) is 58.7 Å². The highest BCUT2D eigenvalue weighted by Crippen LogP contribution is 2.48. The molecule has 2 N–H and O–H groups in total. The van der Waals surface area contributed by atoms with Crippen molar-refractivity contribution in [2.24, 2.45) is 0 Å². The third kappa shape index (κ3) is 16.6. The van der Waals surface area contributed by atoms with E-state index in [4.69, 9.17) is 18.6 Å². The third-order valence-corrected chi connectivity index (χ3v) is 26.0. The number of imide groups is 2. The summed E-state index contributed by atoms with van der Waals surface area (Å²) >= 11 is 0. The monoisotopic (exact) mass is 1510 g/mol. The summed E-state index contributed by atoms with van der Waals surface area (Å²) in [4.78, 5) is 74.2. The fourth-order valence-electron chi connectivity index (χ4n) is 15.7. The molecule has 0 radical (unpaired) electrons. The zero-order chi connectivity index (χ0) is 79.0. The molecule has 13 nitrogen and oxygen atoms in total. The number of aromatic hydroxyl groups is 1. The van der Waals surface area contributed by atoms with Gasteiger partial charge in [0.25, 0.3) is 23.6 Å². The lowest BCUT2D eigenvalue weighted by Crippen LogP contribution is -2.70. The van der Waals surface area contributed by atoms with Crippen LogP contribution in [0.5, 0.6) is 23.0 Å². The van der Waals surface area contributed by atoms with Gasteiger partial charge < -0.3 is 29.1 Å². The molecule has 0 unspecified atom stereocenters. The van der Waals surface area contributed by atoms with Crippen molar-refractivity contribution in [3.05, 3.63) is 327 Å². The predicted octanol–water partition coefficient (Wildman–Crippen LogP) is 18.8. The van der Waals surface area contributed by atoms with Crippen LogP contribution in [0.2, 0.25) is 0 Å². The Morgan fingerprint density at radius 1 is 0.411 bits per heavy atom. The second-order valence-electron chi connectivity index (χ2n) is 32.8. The van der Waals surface area contributed by atoms with Crippen LogP contribution in [0.4, 0.5) is 0 Å². The number of hydrogen-bond donors (Lipinski definition) is 2. The Bertz CT molecular complexity index is 4950. The lowest BCUT2D eigenvalue weighted by Gasteiger charge is -2.38. The van der Waals surface area contributed by atoms with E-state index in [0.29, 0.717) is 97.2 Å². The summed E-state index contributed by atoms with van der Waals surface area (Å²) in [7, 11) is -3.55. The van der Waals surface area contributed by atoms with Gasteiger partial charge in [-0.15, -0.1) is 0 Å². The lowest BCUT2D eigenvalue weighted by atomic mass is 9.64. The SMILES string of the molecule is CCCCNCc1ccccc1[Si](OC(=O)c1ccc(COc2cccc(OCCCCCN3C(=O)c4ccc5c6c(ccc(c46)C3=O)C(=O)N(CCCCCOc3ccc(C(c4ccc(C(C)(C)C)cc4)(c4ccc(C(C)(C)C)cc4)c4ccc(C(C)(C)C)cc4)cc3)C5=O)c2)cc1O)(c1ccccc1)c1ccccc1. The molecule has 4 amide bonds. The van der Waals surface area contributed by atoms with Gasteiger partial charge in [-0.3, -0.25) is 29.0 Å². The molecule has 2 heterocycles. The van der Waals surface area contributed by atoms with E-state index in [-0.39, 0.29) is 58.4 Å². The highest BCUT2D eigenvalue weighted by molar-refractivity contribution is 7.08. The zero-order valence-electron chi connectivity index (χ0n) is 66.3. The number of nitrogens with one attached hydrogen (secondary N) is 1. The second-order valence-corrected chi connectivity index (χ2v) is 36.0. The number of nitrogens with zero attached hydrogens (tertiary/aromatic N) is 2. The van der Waals surface area contributed by atoms with Crippen LogP contribution in [0.1, 0.15) is 222 Å². The van der Waals surface area contributed by atoms with Crippen LogP contribution in [0, 0.1) is 0 Å². The second kappa shape index (κ2) is 33.8. The van der Waals surface area contributed by atoms with E-state index in [1.165, 1.54) is 49.2 Å². The summed E-state index contributed by atoms with van der Waals surface area (Å²) in [5, 5.41) is 18.6. The number of amides is 4. The van der Waals surface area contributed by atoms with E-state index in [1.54, 1.807) is 42.5 Å². The number of carbonyl (C=O) groups excluding carboxylic acids is 5. The molecule has 11 aromatic carbocycles. The van der Waals surface area contributed by atoms with Crippen LogP contribution >= 0.6 is 0 Å². The first kappa shape index (κ1) is 78.9. The fraction of sp³-hybridized carbons (Fsp3) is 0.296. The average Bonchev–Trinajstić information content (AvgIpc) is 0.720. The molecule has 0 saturated carbocycles.